The smallest absolute Gasteiger partial charge is 0.258 e. The first-order chi connectivity index (χ1) is 13.9. The number of halogens is 2. The molecule has 0 atom stereocenters. The molecule has 2 aliphatic rings. The minimum absolute atomic E-state index is 0.00524. The van der Waals surface area contributed by atoms with Crippen LogP contribution in [0.1, 0.15) is 22.3 Å². The lowest BCUT2D eigenvalue weighted by atomic mass is 10.0. The third-order valence-corrected chi connectivity index (χ3v) is 7.09. The molecule has 9 heteroatoms. The van der Waals surface area contributed by atoms with Crippen LogP contribution in [0.3, 0.4) is 0 Å². The molecule has 154 valence electrons. The molecule has 2 aromatic carbocycles. The van der Waals surface area contributed by atoms with Gasteiger partial charge in [0, 0.05) is 25.2 Å². The molecular weight excluding hydrogens is 402 g/mol. The number of ether oxygens (including phenoxy) is 1. The highest BCUT2D eigenvalue weighted by Crippen LogP contribution is 2.32. The molecule has 2 heterocycles. The number of morpholine rings is 1. The van der Waals surface area contributed by atoms with Crippen molar-refractivity contribution in [3.05, 3.63) is 59.2 Å². The zero-order valence-electron chi connectivity index (χ0n) is 15.6. The Bertz CT molecular complexity index is 1050. The zero-order valence-corrected chi connectivity index (χ0v) is 16.4. The van der Waals surface area contributed by atoms with Gasteiger partial charge in [-0.1, -0.05) is 12.1 Å². The van der Waals surface area contributed by atoms with Crippen molar-refractivity contribution in [3.63, 3.8) is 0 Å². The summed E-state index contributed by atoms with van der Waals surface area (Å²) in [5.74, 6) is -2.01. The van der Waals surface area contributed by atoms with Gasteiger partial charge in [0.25, 0.3) is 5.91 Å². The van der Waals surface area contributed by atoms with Crippen LogP contribution in [0.2, 0.25) is 0 Å². The van der Waals surface area contributed by atoms with Crippen LogP contribution in [-0.2, 0) is 21.2 Å². The molecule has 0 radical (unpaired) electrons. The van der Waals surface area contributed by atoms with Crippen LogP contribution in [-0.4, -0.2) is 51.5 Å². The molecule has 0 aliphatic carbocycles. The summed E-state index contributed by atoms with van der Waals surface area (Å²) in [4.78, 5) is 13.8. The summed E-state index contributed by atoms with van der Waals surface area (Å²) in [6.45, 7) is 0.984. The molecule has 0 saturated carbocycles. The van der Waals surface area contributed by atoms with Crippen molar-refractivity contribution < 1.29 is 26.7 Å². The van der Waals surface area contributed by atoms with E-state index in [1.165, 1.54) is 17.0 Å². The van der Waals surface area contributed by atoms with Crippen LogP contribution in [0.25, 0.3) is 0 Å². The zero-order chi connectivity index (χ0) is 20.6. The SMILES string of the molecule is O=C(c1ccc(F)c(S(=O)(=O)N2CCOCC2)c1)N1CCCc2cccc(F)c21. The van der Waals surface area contributed by atoms with E-state index in [4.69, 9.17) is 4.74 Å². The van der Waals surface area contributed by atoms with Crippen LogP contribution in [0, 0.1) is 11.6 Å². The van der Waals surface area contributed by atoms with Crippen LogP contribution < -0.4 is 4.90 Å². The predicted molar refractivity (Wildman–Crippen MR) is 102 cm³/mol. The number of para-hydroxylation sites is 1. The van der Waals surface area contributed by atoms with E-state index in [-0.39, 0.29) is 37.6 Å². The topological polar surface area (TPSA) is 66.9 Å². The third kappa shape index (κ3) is 3.65. The summed E-state index contributed by atoms with van der Waals surface area (Å²) in [6, 6.07) is 7.86. The highest BCUT2D eigenvalue weighted by Gasteiger charge is 2.31. The Morgan fingerprint density at radius 3 is 2.52 bits per heavy atom. The fourth-order valence-electron chi connectivity index (χ4n) is 3.72. The van der Waals surface area contributed by atoms with Crippen molar-refractivity contribution in [1.82, 2.24) is 4.31 Å². The highest BCUT2D eigenvalue weighted by atomic mass is 32.2. The van der Waals surface area contributed by atoms with Crippen LogP contribution in [0.15, 0.2) is 41.3 Å². The second kappa shape index (κ2) is 7.81. The van der Waals surface area contributed by atoms with Crippen molar-refractivity contribution in [2.24, 2.45) is 0 Å². The Labute approximate surface area is 167 Å². The van der Waals surface area contributed by atoms with Gasteiger partial charge in [0.1, 0.15) is 16.5 Å². The van der Waals surface area contributed by atoms with Gasteiger partial charge in [-0.2, -0.15) is 4.31 Å². The number of sulfonamides is 1. The summed E-state index contributed by atoms with van der Waals surface area (Å²) < 4.78 is 60.8. The van der Waals surface area contributed by atoms with Gasteiger partial charge in [-0.05, 0) is 42.7 Å². The van der Waals surface area contributed by atoms with Gasteiger partial charge in [-0.15, -0.1) is 0 Å². The molecule has 1 amide bonds. The van der Waals surface area contributed by atoms with E-state index in [9.17, 15) is 22.0 Å². The maximum Gasteiger partial charge on any atom is 0.258 e. The van der Waals surface area contributed by atoms with E-state index in [1.54, 1.807) is 12.1 Å². The van der Waals surface area contributed by atoms with E-state index in [2.05, 4.69) is 0 Å². The summed E-state index contributed by atoms with van der Waals surface area (Å²) in [7, 11) is -4.11. The number of anilines is 1. The molecule has 0 N–H and O–H groups in total. The fraction of sp³-hybridized carbons (Fsp3) is 0.350. The number of hydrogen-bond donors (Lipinski definition) is 0. The second-order valence-corrected chi connectivity index (χ2v) is 8.88. The lowest BCUT2D eigenvalue weighted by molar-refractivity contribution is 0.0729. The molecule has 4 rings (SSSR count). The Balaban J connectivity index is 1.71. The first-order valence-corrected chi connectivity index (χ1v) is 10.8. The molecule has 29 heavy (non-hydrogen) atoms. The molecule has 0 aromatic heterocycles. The summed E-state index contributed by atoms with van der Waals surface area (Å²) >= 11 is 0. The van der Waals surface area contributed by atoms with Crippen molar-refractivity contribution in [2.45, 2.75) is 17.7 Å². The van der Waals surface area contributed by atoms with Crippen molar-refractivity contribution >= 4 is 21.6 Å². The maximum absolute atomic E-state index is 14.4. The molecule has 2 aliphatic heterocycles. The minimum Gasteiger partial charge on any atom is -0.379 e. The third-order valence-electron chi connectivity index (χ3n) is 5.18. The van der Waals surface area contributed by atoms with Crippen LogP contribution >= 0.6 is 0 Å². The first kappa shape index (κ1) is 19.9. The van der Waals surface area contributed by atoms with Crippen LogP contribution in [0.4, 0.5) is 14.5 Å². The van der Waals surface area contributed by atoms with Gasteiger partial charge in [-0.3, -0.25) is 4.79 Å². The lowest BCUT2D eigenvalue weighted by Crippen LogP contribution is -2.41. The number of nitrogens with zero attached hydrogens (tertiary/aromatic N) is 2. The summed E-state index contributed by atoms with van der Waals surface area (Å²) in [5, 5.41) is 0. The monoisotopic (exact) mass is 422 g/mol. The number of carbonyl (C=O) groups excluding carboxylic acids is 1. The predicted octanol–water partition coefficient (Wildman–Crippen LogP) is 2.58. The first-order valence-electron chi connectivity index (χ1n) is 9.36. The number of benzene rings is 2. The Hall–Kier alpha value is -2.36. The molecule has 0 unspecified atom stereocenters. The number of carbonyl (C=O) groups is 1. The largest absolute Gasteiger partial charge is 0.379 e. The molecule has 2 aromatic rings. The lowest BCUT2D eigenvalue weighted by Gasteiger charge is -2.30. The molecular formula is C20H20F2N2O4S. The van der Waals surface area contributed by atoms with Gasteiger partial charge < -0.3 is 9.64 Å². The number of aryl methyl sites for hydroxylation is 1. The average Bonchev–Trinajstić information content (AvgIpc) is 2.74. The standard InChI is InChI=1S/C20H20F2N2O4S/c21-16-7-6-15(13-18(16)29(26,27)23-9-11-28-12-10-23)20(25)24-8-2-4-14-3-1-5-17(22)19(14)24/h1,3,5-7,13H,2,4,8-12H2. The van der Waals surface area contributed by atoms with Gasteiger partial charge in [-0.25, -0.2) is 17.2 Å². The Morgan fingerprint density at radius 1 is 1.00 bits per heavy atom. The number of fused-ring (bicyclic) bond motifs is 1. The van der Waals surface area contributed by atoms with E-state index in [0.29, 0.717) is 24.9 Å². The van der Waals surface area contributed by atoms with Gasteiger partial charge >= 0.3 is 0 Å². The molecule has 0 bridgehead atoms. The van der Waals surface area contributed by atoms with E-state index in [0.717, 1.165) is 16.4 Å². The number of amides is 1. The van der Waals surface area contributed by atoms with Crippen molar-refractivity contribution in [3.8, 4) is 0 Å². The average molecular weight is 422 g/mol. The van der Waals surface area contributed by atoms with Gasteiger partial charge in [0.2, 0.25) is 10.0 Å². The van der Waals surface area contributed by atoms with E-state index >= 15 is 0 Å². The molecule has 0 spiro atoms. The molecule has 6 nitrogen and oxygen atoms in total. The van der Waals surface area contributed by atoms with Crippen molar-refractivity contribution in [1.29, 1.82) is 0 Å². The maximum atomic E-state index is 14.4. The quantitative estimate of drug-likeness (QED) is 0.763. The second-order valence-electron chi connectivity index (χ2n) is 6.97. The van der Waals surface area contributed by atoms with Gasteiger partial charge in [0.05, 0.1) is 18.9 Å². The molecule has 1 saturated heterocycles. The molecule has 1 fully saturated rings. The highest BCUT2D eigenvalue weighted by molar-refractivity contribution is 7.89. The van der Waals surface area contributed by atoms with Gasteiger partial charge in [0.15, 0.2) is 0 Å². The minimum atomic E-state index is -4.11. The Kier molecular flexibility index (Phi) is 5.37. The number of hydrogen-bond acceptors (Lipinski definition) is 4. The summed E-state index contributed by atoms with van der Waals surface area (Å²) in [5.41, 5.74) is 0.910. The van der Waals surface area contributed by atoms with E-state index < -0.39 is 32.5 Å². The van der Waals surface area contributed by atoms with Crippen molar-refractivity contribution in [2.75, 3.05) is 37.7 Å². The van der Waals surface area contributed by atoms with Crippen LogP contribution in [0.5, 0.6) is 0 Å². The Morgan fingerprint density at radius 2 is 1.76 bits per heavy atom. The number of rotatable bonds is 3. The normalized spacial score (nSPS) is 17.8. The van der Waals surface area contributed by atoms with E-state index in [1.807, 2.05) is 0 Å². The summed E-state index contributed by atoms with van der Waals surface area (Å²) in [6.07, 6.45) is 1.30. The fourth-order valence-corrected chi connectivity index (χ4v) is 5.22.